The van der Waals surface area contributed by atoms with Gasteiger partial charge in [-0.1, -0.05) is 56.0 Å². The van der Waals surface area contributed by atoms with Crippen LogP contribution >= 0.6 is 0 Å². The quantitative estimate of drug-likeness (QED) is 0.760. The largest absolute Gasteiger partial charge is 0.298 e. The maximum atomic E-state index is 12.8. The van der Waals surface area contributed by atoms with E-state index in [0.717, 1.165) is 19.3 Å². The van der Waals surface area contributed by atoms with Gasteiger partial charge < -0.3 is 0 Å². The Bertz CT molecular complexity index is 416. The molecule has 2 heteroatoms. The molecule has 0 aromatic heterocycles. The van der Waals surface area contributed by atoms with Gasteiger partial charge in [-0.2, -0.15) is 0 Å². The predicted octanol–water partition coefficient (Wildman–Crippen LogP) is 3.84. The number of carbonyl (C=O) groups excluding carboxylic acids is 1. The summed E-state index contributed by atoms with van der Waals surface area (Å²) in [6.07, 6.45) is 8.55. The van der Waals surface area contributed by atoms with Gasteiger partial charge in [0.1, 0.15) is 0 Å². The summed E-state index contributed by atoms with van der Waals surface area (Å²) in [5, 5.41) is 0. The van der Waals surface area contributed by atoms with Crippen LogP contribution in [-0.4, -0.2) is 30.3 Å². The van der Waals surface area contributed by atoms with Crippen molar-refractivity contribution >= 4 is 5.78 Å². The van der Waals surface area contributed by atoms with Crippen LogP contribution in [0.5, 0.6) is 0 Å². The van der Waals surface area contributed by atoms with Crippen molar-refractivity contribution in [3.8, 4) is 0 Å². The smallest absolute Gasteiger partial charge is 0.153 e. The number of benzene rings is 1. The molecule has 0 aliphatic heterocycles. The fraction of sp³-hybridized carbons (Fsp3) is 0.611. The van der Waals surface area contributed by atoms with Gasteiger partial charge in [-0.15, -0.1) is 0 Å². The summed E-state index contributed by atoms with van der Waals surface area (Å²) in [4.78, 5) is 15.0. The van der Waals surface area contributed by atoms with E-state index in [-0.39, 0.29) is 5.54 Å². The van der Waals surface area contributed by atoms with Crippen molar-refractivity contribution in [3.05, 3.63) is 35.9 Å². The molecule has 1 fully saturated rings. The number of hydrogen-bond donors (Lipinski definition) is 0. The molecule has 0 heterocycles. The molecule has 1 aromatic rings. The van der Waals surface area contributed by atoms with Gasteiger partial charge in [-0.05, 0) is 38.9 Å². The molecule has 0 radical (unpaired) electrons. The van der Waals surface area contributed by atoms with Crippen LogP contribution in [0.4, 0.5) is 0 Å². The van der Waals surface area contributed by atoms with Gasteiger partial charge >= 0.3 is 0 Å². The molecule has 0 saturated heterocycles. The van der Waals surface area contributed by atoms with Crippen molar-refractivity contribution in [1.82, 2.24) is 4.90 Å². The molecule has 0 unspecified atom stereocenters. The SMILES string of the molecule is CN(C)C1(C(=O)CCc2ccccc2)CCCCCC1. The minimum Gasteiger partial charge on any atom is -0.298 e. The molecule has 20 heavy (non-hydrogen) atoms. The molecule has 2 rings (SSSR count). The van der Waals surface area contributed by atoms with E-state index in [4.69, 9.17) is 0 Å². The Morgan fingerprint density at radius 2 is 1.65 bits per heavy atom. The van der Waals surface area contributed by atoms with Crippen LogP contribution in [0, 0.1) is 0 Å². The maximum absolute atomic E-state index is 12.8. The highest BCUT2D eigenvalue weighted by Gasteiger charge is 2.39. The first-order valence-electron chi connectivity index (χ1n) is 7.90. The van der Waals surface area contributed by atoms with E-state index < -0.39 is 0 Å². The number of Topliss-reactive ketones (excluding diaryl/α,β-unsaturated/α-hetero) is 1. The van der Waals surface area contributed by atoms with Gasteiger partial charge in [0.15, 0.2) is 5.78 Å². The molecule has 0 bridgehead atoms. The summed E-state index contributed by atoms with van der Waals surface area (Å²) in [6.45, 7) is 0. The Labute approximate surface area is 123 Å². The van der Waals surface area contributed by atoms with E-state index in [1.807, 2.05) is 18.2 Å². The second kappa shape index (κ2) is 7.03. The zero-order valence-corrected chi connectivity index (χ0v) is 12.9. The van der Waals surface area contributed by atoms with E-state index in [2.05, 4.69) is 31.1 Å². The number of likely N-dealkylation sites (N-methyl/N-ethyl adjacent to an activating group) is 1. The number of nitrogens with zero attached hydrogens (tertiary/aromatic N) is 1. The molecule has 0 spiro atoms. The highest BCUT2D eigenvalue weighted by molar-refractivity contribution is 5.88. The maximum Gasteiger partial charge on any atom is 0.153 e. The molecule has 110 valence electrons. The molecule has 0 atom stereocenters. The number of carbonyl (C=O) groups is 1. The number of rotatable bonds is 5. The fourth-order valence-corrected chi connectivity index (χ4v) is 3.42. The Kier molecular flexibility index (Phi) is 5.36. The third-order valence-corrected chi connectivity index (χ3v) is 4.79. The number of aryl methyl sites for hydroxylation is 1. The van der Waals surface area contributed by atoms with Gasteiger partial charge in [0, 0.05) is 6.42 Å². The van der Waals surface area contributed by atoms with Gasteiger partial charge in [-0.3, -0.25) is 9.69 Å². The van der Waals surface area contributed by atoms with Crippen LogP contribution in [0.25, 0.3) is 0 Å². The monoisotopic (exact) mass is 273 g/mol. The van der Waals surface area contributed by atoms with Crippen LogP contribution in [0.3, 0.4) is 0 Å². The summed E-state index contributed by atoms with van der Waals surface area (Å²) in [6, 6.07) is 10.4. The normalized spacial score (nSPS) is 18.8. The van der Waals surface area contributed by atoms with Crippen molar-refractivity contribution in [1.29, 1.82) is 0 Å². The van der Waals surface area contributed by atoms with E-state index in [9.17, 15) is 4.79 Å². The van der Waals surface area contributed by atoms with Crippen molar-refractivity contribution < 1.29 is 4.79 Å². The molecule has 0 amide bonds. The topological polar surface area (TPSA) is 20.3 Å². The Morgan fingerprint density at radius 1 is 1.05 bits per heavy atom. The van der Waals surface area contributed by atoms with E-state index in [1.165, 1.54) is 31.2 Å². The van der Waals surface area contributed by atoms with Crippen LogP contribution < -0.4 is 0 Å². The van der Waals surface area contributed by atoms with Gasteiger partial charge in [0.25, 0.3) is 0 Å². The standard InChI is InChI=1S/C18H27NO/c1-19(2)18(14-8-3-4-9-15-18)17(20)13-12-16-10-6-5-7-11-16/h5-7,10-11H,3-4,8-9,12-15H2,1-2H3. The third kappa shape index (κ3) is 3.49. The molecule has 0 N–H and O–H groups in total. The van der Waals surface area contributed by atoms with E-state index in [1.54, 1.807) is 0 Å². The van der Waals surface area contributed by atoms with Crippen molar-refractivity contribution in [2.45, 2.75) is 56.9 Å². The number of hydrogen-bond acceptors (Lipinski definition) is 2. The Hall–Kier alpha value is -1.15. The van der Waals surface area contributed by atoms with Crippen LogP contribution in [0.15, 0.2) is 30.3 Å². The Balaban J connectivity index is 2.03. The lowest BCUT2D eigenvalue weighted by atomic mass is 9.82. The van der Waals surface area contributed by atoms with Crippen molar-refractivity contribution in [2.24, 2.45) is 0 Å². The second-order valence-corrected chi connectivity index (χ2v) is 6.25. The minimum atomic E-state index is -0.203. The summed E-state index contributed by atoms with van der Waals surface area (Å²) in [5.41, 5.74) is 1.06. The average molecular weight is 273 g/mol. The average Bonchev–Trinajstić information content (AvgIpc) is 2.72. The fourth-order valence-electron chi connectivity index (χ4n) is 3.42. The summed E-state index contributed by atoms with van der Waals surface area (Å²) >= 11 is 0. The van der Waals surface area contributed by atoms with Crippen LogP contribution in [0.2, 0.25) is 0 Å². The molecule has 1 aromatic carbocycles. The van der Waals surface area contributed by atoms with Crippen molar-refractivity contribution in [3.63, 3.8) is 0 Å². The molecule has 2 nitrogen and oxygen atoms in total. The molecule has 1 saturated carbocycles. The molecular formula is C18H27NO. The molecule has 1 aliphatic rings. The lowest BCUT2D eigenvalue weighted by Gasteiger charge is -2.38. The summed E-state index contributed by atoms with van der Waals surface area (Å²) in [5.74, 6) is 0.438. The lowest BCUT2D eigenvalue weighted by molar-refractivity contribution is -0.130. The zero-order chi connectivity index (χ0) is 14.4. The third-order valence-electron chi connectivity index (χ3n) is 4.79. The first kappa shape index (κ1) is 15.2. The first-order chi connectivity index (χ1) is 9.65. The summed E-state index contributed by atoms with van der Waals surface area (Å²) in [7, 11) is 4.15. The highest BCUT2D eigenvalue weighted by Crippen LogP contribution is 2.33. The van der Waals surface area contributed by atoms with E-state index in [0.29, 0.717) is 12.2 Å². The van der Waals surface area contributed by atoms with Gasteiger partial charge in [-0.25, -0.2) is 0 Å². The van der Waals surface area contributed by atoms with E-state index >= 15 is 0 Å². The van der Waals surface area contributed by atoms with Crippen LogP contribution in [-0.2, 0) is 11.2 Å². The highest BCUT2D eigenvalue weighted by atomic mass is 16.1. The summed E-state index contributed by atoms with van der Waals surface area (Å²) < 4.78 is 0. The van der Waals surface area contributed by atoms with Gasteiger partial charge in [0.05, 0.1) is 5.54 Å². The number of ketones is 1. The lowest BCUT2D eigenvalue weighted by Crippen LogP contribution is -2.50. The van der Waals surface area contributed by atoms with Crippen LogP contribution in [0.1, 0.15) is 50.5 Å². The Morgan fingerprint density at radius 3 is 2.20 bits per heavy atom. The zero-order valence-electron chi connectivity index (χ0n) is 12.9. The first-order valence-corrected chi connectivity index (χ1v) is 7.90. The molecular weight excluding hydrogens is 246 g/mol. The predicted molar refractivity (Wildman–Crippen MR) is 83.9 cm³/mol. The molecule has 1 aliphatic carbocycles. The van der Waals surface area contributed by atoms with Crippen molar-refractivity contribution in [2.75, 3.05) is 14.1 Å². The second-order valence-electron chi connectivity index (χ2n) is 6.25. The van der Waals surface area contributed by atoms with Gasteiger partial charge in [0.2, 0.25) is 0 Å². The minimum absolute atomic E-state index is 0.203.